The Bertz CT molecular complexity index is 422. The van der Waals surface area contributed by atoms with Crippen LogP contribution in [0.4, 0.5) is 8.78 Å². The third kappa shape index (κ3) is 2.02. The van der Waals surface area contributed by atoms with E-state index in [1.807, 2.05) is 6.07 Å². The predicted octanol–water partition coefficient (Wildman–Crippen LogP) is 2.24. The van der Waals surface area contributed by atoms with Gasteiger partial charge in [0.25, 0.3) is 11.5 Å². The fourth-order valence-corrected chi connectivity index (χ4v) is 2.00. The third-order valence-corrected chi connectivity index (χ3v) is 2.90. The van der Waals surface area contributed by atoms with E-state index < -0.39 is 11.5 Å². The van der Waals surface area contributed by atoms with E-state index in [-0.39, 0.29) is 12.4 Å². The molecule has 1 aliphatic heterocycles. The van der Waals surface area contributed by atoms with E-state index in [2.05, 4.69) is 0 Å². The van der Waals surface area contributed by atoms with Crippen LogP contribution < -0.4 is 0 Å². The highest BCUT2D eigenvalue weighted by atomic mass is 35.5. The number of carbonyl (C=O) groups is 1. The number of hydrogen-bond donors (Lipinski definition) is 0. The molecule has 0 aliphatic carbocycles. The maximum absolute atomic E-state index is 13.4. The summed E-state index contributed by atoms with van der Waals surface area (Å²) in [6, 6.07) is 4.78. The second-order valence-electron chi connectivity index (χ2n) is 3.69. The molecule has 2 nitrogen and oxygen atoms in total. The number of hydrogen-bond acceptors (Lipinski definition) is 1. The van der Waals surface area contributed by atoms with Gasteiger partial charge < -0.3 is 4.90 Å². The summed E-state index contributed by atoms with van der Waals surface area (Å²) in [7, 11) is 0. The molecule has 0 aromatic heterocycles. The standard InChI is InChI=1S/C11H10ClF2NO/c12-10(14)11(16)15-5-4-7-2-1-3-9(13)8(7)6-15/h1-3,10H,4-6H2. The zero-order chi connectivity index (χ0) is 11.7. The topological polar surface area (TPSA) is 20.3 Å². The molecule has 1 aromatic carbocycles. The summed E-state index contributed by atoms with van der Waals surface area (Å²) in [5.74, 6) is -1.16. The van der Waals surface area contributed by atoms with Gasteiger partial charge in [-0.2, -0.15) is 0 Å². The summed E-state index contributed by atoms with van der Waals surface area (Å²) in [6.45, 7) is 0.469. The van der Waals surface area contributed by atoms with Crippen LogP contribution in [0.1, 0.15) is 11.1 Å². The van der Waals surface area contributed by atoms with E-state index in [1.54, 1.807) is 6.07 Å². The first-order chi connectivity index (χ1) is 7.59. The SMILES string of the molecule is O=C(C(F)Cl)N1CCc2cccc(F)c2C1. The summed E-state index contributed by atoms with van der Waals surface area (Å²) in [6.07, 6.45) is 0.530. The third-order valence-electron chi connectivity index (χ3n) is 2.71. The molecule has 1 unspecified atom stereocenters. The van der Waals surface area contributed by atoms with Crippen molar-refractivity contribution in [2.24, 2.45) is 0 Å². The van der Waals surface area contributed by atoms with Gasteiger partial charge in [-0.1, -0.05) is 23.7 Å². The van der Waals surface area contributed by atoms with E-state index in [9.17, 15) is 13.6 Å². The predicted molar refractivity (Wildman–Crippen MR) is 56.3 cm³/mol. The lowest BCUT2D eigenvalue weighted by Crippen LogP contribution is -2.39. The monoisotopic (exact) mass is 245 g/mol. The van der Waals surface area contributed by atoms with Crippen molar-refractivity contribution in [3.63, 3.8) is 0 Å². The zero-order valence-electron chi connectivity index (χ0n) is 8.42. The van der Waals surface area contributed by atoms with Gasteiger partial charge >= 0.3 is 0 Å². The molecule has 1 aliphatic rings. The van der Waals surface area contributed by atoms with Crippen molar-refractivity contribution in [3.8, 4) is 0 Å². The molecule has 0 spiro atoms. The lowest BCUT2D eigenvalue weighted by molar-refractivity contribution is -0.134. The minimum atomic E-state index is -2.05. The molecule has 1 atom stereocenters. The first-order valence-electron chi connectivity index (χ1n) is 4.93. The van der Waals surface area contributed by atoms with Crippen molar-refractivity contribution in [3.05, 3.63) is 35.1 Å². The van der Waals surface area contributed by atoms with Crippen LogP contribution in [0.3, 0.4) is 0 Å². The molecule has 0 radical (unpaired) electrons. The highest BCUT2D eigenvalue weighted by Gasteiger charge is 2.26. The van der Waals surface area contributed by atoms with Gasteiger partial charge in [0.2, 0.25) is 0 Å². The van der Waals surface area contributed by atoms with Crippen molar-refractivity contribution in [2.75, 3.05) is 6.54 Å². The average molecular weight is 246 g/mol. The van der Waals surface area contributed by atoms with Crippen LogP contribution in [0.25, 0.3) is 0 Å². The first-order valence-corrected chi connectivity index (χ1v) is 5.36. The molecular weight excluding hydrogens is 236 g/mol. The maximum atomic E-state index is 13.4. The van der Waals surface area contributed by atoms with Crippen LogP contribution in [-0.2, 0) is 17.8 Å². The summed E-state index contributed by atoms with van der Waals surface area (Å²) in [5, 5.41) is 0. The van der Waals surface area contributed by atoms with E-state index in [0.717, 1.165) is 5.56 Å². The number of nitrogens with zero attached hydrogens (tertiary/aromatic N) is 1. The molecule has 0 fully saturated rings. The molecular formula is C11H10ClF2NO. The molecule has 0 bridgehead atoms. The lowest BCUT2D eigenvalue weighted by Gasteiger charge is -2.29. The second kappa shape index (κ2) is 4.37. The van der Waals surface area contributed by atoms with Gasteiger partial charge in [-0.05, 0) is 18.1 Å². The Hall–Kier alpha value is -1.16. The number of carbonyl (C=O) groups excluding carboxylic acids is 1. The molecule has 1 aromatic rings. The van der Waals surface area contributed by atoms with Crippen LogP contribution in [0.15, 0.2) is 18.2 Å². The molecule has 16 heavy (non-hydrogen) atoms. The summed E-state index contributed by atoms with van der Waals surface area (Å²) in [4.78, 5) is 12.6. The normalized spacial score (nSPS) is 16.8. The smallest absolute Gasteiger partial charge is 0.273 e. The molecule has 86 valence electrons. The van der Waals surface area contributed by atoms with Gasteiger partial charge in [0.15, 0.2) is 0 Å². The fraction of sp³-hybridized carbons (Fsp3) is 0.364. The van der Waals surface area contributed by atoms with Crippen molar-refractivity contribution in [2.45, 2.75) is 18.6 Å². The van der Waals surface area contributed by atoms with Gasteiger partial charge in [-0.3, -0.25) is 4.79 Å². The average Bonchev–Trinajstić information content (AvgIpc) is 2.28. The number of amides is 1. The van der Waals surface area contributed by atoms with Gasteiger partial charge in [0.1, 0.15) is 5.82 Å². The first kappa shape index (κ1) is 11.3. The van der Waals surface area contributed by atoms with Gasteiger partial charge in [0, 0.05) is 18.7 Å². The molecule has 0 saturated carbocycles. The molecule has 0 N–H and O–H groups in total. The van der Waals surface area contributed by atoms with Gasteiger partial charge in [0.05, 0.1) is 0 Å². The Balaban J connectivity index is 2.23. The summed E-state index contributed by atoms with van der Waals surface area (Å²) >= 11 is 5.08. The Morgan fingerprint density at radius 1 is 1.50 bits per heavy atom. The molecule has 2 rings (SSSR count). The highest BCUT2D eigenvalue weighted by Crippen LogP contribution is 2.22. The fourth-order valence-electron chi connectivity index (χ4n) is 1.87. The van der Waals surface area contributed by atoms with Crippen LogP contribution in [0.2, 0.25) is 0 Å². The second-order valence-corrected chi connectivity index (χ2v) is 4.07. The van der Waals surface area contributed by atoms with E-state index >= 15 is 0 Å². The van der Waals surface area contributed by atoms with Crippen LogP contribution in [0, 0.1) is 5.82 Å². The van der Waals surface area contributed by atoms with Crippen molar-refractivity contribution < 1.29 is 13.6 Å². The minimum Gasteiger partial charge on any atom is -0.334 e. The van der Waals surface area contributed by atoms with Crippen molar-refractivity contribution in [1.82, 2.24) is 4.90 Å². The minimum absolute atomic E-state index is 0.0912. The van der Waals surface area contributed by atoms with Crippen molar-refractivity contribution >= 4 is 17.5 Å². The number of fused-ring (bicyclic) bond motifs is 1. The molecule has 1 heterocycles. The quantitative estimate of drug-likeness (QED) is 0.695. The van der Waals surface area contributed by atoms with E-state index in [4.69, 9.17) is 11.6 Å². The molecule has 5 heteroatoms. The van der Waals surface area contributed by atoms with Crippen LogP contribution >= 0.6 is 11.6 Å². The van der Waals surface area contributed by atoms with E-state index in [1.165, 1.54) is 11.0 Å². The summed E-state index contributed by atoms with van der Waals surface area (Å²) in [5.41, 5.74) is -0.721. The maximum Gasteiger partial charge on any atom is 0.273 e. The molecule has 0 saturated heterocycles. The number of halogens is 3. The summed E-state index contributed by atoms with van der Waals surface area (Å²) < 4.78 is 26.1. The van der Waals surface area contributed by atoms with Crippen LogP contribution in [0.5, 0.6) is 0 Å². The number of benzene rings is 1. The largest absolute Gasteiger partial charge is 0.334 e. The zero-order valence-corrected chi connectivity index (χ0v) is 9.18. The Kier molecular flexibility index (Phi) is 3.10. The van der Waals surface area contributed by atoms with E-state index in [0.29, 0.717) is 18.5 Å². The lowest BCUT2D eigenvalue weighted by atomic mass is 9.99. The Morgan fingerprint density at radius 2 is 2.25 bits per heavy atom. The van der Waals surface area contributed by atoms with Crippen molar-refractivity contribution in [1.29, 1.82) is 0 Å². The van der Waals surface area contributed by atoms with Gasteiger partial charge in [-0.25, -0.2) is 8.78 Å². The molecule has 1 amide bonds. The number of alkyl halides is 2. The Labute approximate surface area is 96.8 Å². The van der Waals surface area contributed by atoms with Crippen LogP contribution in [-0.4, -0.2) is 23.0 Å². The Morgan fingerprint density at radius 3 is 2.94 bits per heavy atom. The van der Waals surface area contributed by atoms with Gasteiger partial charge in [-0.15, -0.1) is 0 Å². The number of rotatable bonds is 1. The highest BCUT2D eigenvalue weighted by molar-refractivity contribution is 6.29.